The van der Waals surface area contributed by atoms with E-state index in [1.165, 1.54) is 0 Å². The largest absolute Gasteiger partial charge is 0.496 e. The average molecular weight is 270 g/mol. The molecule has 2 nitrogen and oxygen atoms in total. The molecule has 1 atom stereocenters. The van der Waals surface area contributed by atoms with Crippen LogP contribution in [0.5, 0.6) is 0 Å². The molecule has 0 spiro atoms. The summed E-state index contributed by atoms with van der Waals surface area (Å²) < 4.78 is 19.7. The van der Waals surface area contributed by atoms with Gasteiger partial charge in [-0.15, -0.1) is 0 Å². The van der Waals surface area contributed by atoms with Gasteiger partial charge in [0.05, 0.1) is 17.7 Å². The molecule has 1 aliphatic heterocycles. The standard InChI is InChI=1S/C14H17ClFNO/c1-2-17-14(12-8-3-4-9-18-12)10-6-5-7-11(15)13(10)16/h5-8,14,17H,2-4,9H2,1H3. The summed E-state index contributed by atoms with van der Waals surface area (Å²) in [4.78, 5) is 0. The van der Waals surface area contributed by atoms with E-state index in [1.807, 2.05) is 13.0 Å². The summed E-state index contributed by atoms with van der Waals surface area (Å²) in [6.07, 6.45) is 4.01. The summed E-state index contributed by atoms with van der Waals surface area (Å²) in [5, 5.41) is 3.39. The maximum atomic E-state index is 14.1. The van der Waals surface area contributed by atoms with Gasteiger partial charge < -0.3 is 10.1 Å². The topological polar surface area (TPSA) is 21.3 Å². The lowest BCUT2D eigenvalue weighted by Crippen LogP contribution is -2.26. The highest BCUT2D eigenvalue weighted by Crippen LogP contribution is 2.30. The zero-order valence-corrected chi connectivity index (χ0v) is 11.1. The van der Waals surface area contributed by atoms with Crippen LogP contribution in [0.25, 0.3) is 0 Å². The second-order valence-corrected chi connectivity index (χ2v) is 4.64. The molecule has 18 heavy (non-hydrogen) atoms. The van der Waals surface area contributed by atoms with E-state index in [4.69, 9.17) is 16.3 Å². The first kappa shape index (κ1) is 13.4. The number of hydrogen-bond acceptors (Lipinski definition) is 2. The molecule has 0 fully saturated rings. The average Bonchev–Trinajstić information content (AvgIpc) is 2.41. The fourth-order valence-corrected chi connectivity index (χ4v) is 2.27. The summed E-state index contributed by atoms with van der Waals surface area (Å²) in [5.74, 6) is 0.421. The third-order valence-corrected chi connectivity index (χ3v) is 3.24. The minimum atomic E-state index is -0.375. The molecule has 1 N–H and O–H groups in total. The molecule has 1 aliphatic rings. The first-order valence-electron chi connectivity index (χ1n) is 6.24. The van der Waals surface area contributed by atoms with Crippen molar-refractivity contribution in [1.29, 1.82) is 0 Å². The highest BCUT2D eigenvalue weighted by Gasteiger charge is 2.23. The highest BCUT2D eigenvalue weighted by atomic mass is 35.5. The predicted octanol–water partition coefficient (Wildman–Crippen LogP) is 3.82. The van der Waals surface area contributed by atoms with Gasteiger partial charge in [-0.1, -0.05) is 30.7 Å². The molecular formula is C14H17ClFNO. The van der Waals surface area contributed by atoms with Crippen LogP contribution in [0.15, 0.2) is 30.0 Å². The van der Waals surface area contributed by atoms with Gasteiger partial charge in [-0.05, 0) is 31.5 Å². The van der Waals surface area contributed by atoms with Crippen molar-refractivity contribution in [3.8, 4) is 0 Å². The summed E-state index contributed by atoms with van der Waals surface area (Å²) in [6.45, 7) is 3.41. The van der Waals surface area contributed by atoms with Crippen molar-refractivity contribution in [3.63, 3.8) is 0 Å². The van der Waals surface area contributed by atoms with Gasteiger partial charge in [0.25, 0.3) is 0 Å². The fourth-order valence-electron chi connectivity index (χ4n) is 2.09. The van der Waals surface area contributed by atoms with Crippen molar-refractivity contribution >= 4 is 11.6 Å². The zero-order valence-electron chi connectivity index (χ0n) is 10.4. The summed E-state index contributed by atoms with van der Waals surface area (Å²) in [7, 11) is 0. The van der Waals surface area contributed by atoms with Crippen molar-refractivity contribution in [3.05, 3.63) is 46.4 Å². The Balaban J connectivity index is 2.34. The van der Waals surface area contributed by atoms with Gasteiger partial charge in [-0.25, -0.2) is 4.39 Å². The molecule has 1 heterocycles. The number of ether oxygens (including phenoxy) is 1. The third-order valence-electron chi connectivity index (χ3n) is 2.95. The Morgan fingerprint density at radius 2 is 2.33 bits per heavy atom. The van der Waals surface area contributed by atoms with Gasteiger partial charge in [0.2, 0.25) is 0 Å². The second kappa shape index (κ2) is 6.21. The zero-order chi connectivity index (χ0) is 13.0. The van der Waals surface area contributed by atoms with E-state index >= 15 is 0 Å². The number of hydrogen-bond donors (Lipinski definition) is 1. The van der Waals surface area contributed by atoms with E-state index in [1.54, 1.807) is 18.2 Å². The van der Waals surface area contributed by atoms with E-state index in [2.05, 4.69) is 5.32 Å². The second-order valence-electron chi connectivity index (χ2n) is 4.23. The Morgan fingerprint density at radius 1 is 1.50 bits per heavy atom. The third kappa shape index (κ3) is 2.85. The summed E-state index contributed by atoms with van der Waals surface area (Å²) in [5.41, 5.74) is 0.539. The lowest BCUT2D eigenvalue weighted by Gasteiger charge is -2.25. The van der Waals surface area contributed by atoms with Crippen molar-refractivity contribution in [1.82, 2.24) is 5.32 Å². The van der Waals surface area contributed by atoms with Crippen LogP contribution in [0, 0.1) is 5.82 Å². The molecule has 0 saturated heterocycles. The van der Waals surface area contributed by atoms with E-state index in [0.717, 1.165) is 25.1 Å². The number of likely N-dealkylation sites (N-methyl/N-ethyl adjacent to an activating group) is 1. The Kier molecular flexibility index (Phi) is 4.61. The Labute approximate surface area is 112 Å². The van der Waals surface area contributed by atoms with Gasteiger partial charge in [0.15, 0.2) is 0 Å². The molecule has 98 valence electrons. The van der Waals surface area contributed by atoms with Gasteiger partial charge in [0.1, 0.15) is 11.6 Å². The molecular weight excluding hydrogens is 253 g/mol. The van der Waals surface area contributed by atoms with Crippen LogP contribution >= 0.6 is 11.6 Å². The molecule has 0 aliphatic carbocycles. The van der Waals surface area contributed by atoms with Crippen LogP contribution in [0.3, 0.4) is 0 Å². The number of nitrogens with one attached hydrogen (secondary N) is 1. The van der Waals surface area contributed by atoms with E-state index in [-0.39, 0.29) is 16.9 Å². The van der Waals surface area contributed by atoms with Crippen LogP contribution in [0.4, 0.5) is 4.39 Å². The predicted molar refractivity (Wildman–Crippen MR) is 71.1 cm³/mol. The van der Waals surface area contributed by atoms with Gasteiger partial charge in [-0.2, -0.15) is 0 Å². The first-order valence-corrected chi connectivity index (χ1v) is 6.62. The van der Waals surface area contributed by atoms with Crippen molar-refractivity contribution in [2.24, 2.45) is 0 Å². The SMILES string of the molecule is CCNC(C1=CCCCO1)c1cccc(Cl)c1F. The van der Waals surface area contributed by atoms with Crippen LogP contribution in [0.2, 0.25) is 5.02 Å². The van der Waals surface area contributed by atoms with E-state index in [0.29, 0.717) is 12.2 Å². The first-order chi connectivity index (χ1) is 8.74. The Morgan fingerprint density at radius 3 is 3.00 bits per heavy atom. The number of halogens is 2. The molecule has 2 rings (SSSR count). The molecule has 0 bridgehead atoms. The van der Waals surface area contributed by atoms with Crippen LogP contribution in [-0.2, 0) is 4.74 Å². The van der Waals surface area contributed by atoms with Crippen molar-refractivity contribution in [2.45, 2.75) is 25.8 Å². The molecule has 0 amide bonds. The summed E-state index contributed by atoms with van der Waals surface area (Å²) >= 11 is 5.83. The monoisotopic (exact) mass is 269 g/mol. The van der Waals surface area contributed by atoms with Gasteiger partial charge in [0, 0.05) is 5.56 Å². The van der Waals surface area contributed by atoms with Crippen LogP contribution in [0.1, 0.15) is 31.4 Å². The maximum absolute atomic E-state index is 14.1. The fraction of sp³-hybridized carbons (Fsp3) is 0.429. The molecule has 0 radical (unpaired) electrons. The van der Waals surface area contributed by atoms with Crippen molar-refractivity contribution < 1.29 is 9.13 Å². The van der Waals surface area contributed by atoms with Gasteiger partial charge in [-0.3, -0.25) is 0 Å². The van der Waals surface area contributed by atoms with Crippen LogP contribution in [-0.4, -0.2) is 13.2 Å². The smallest absolute Gasteiger partial charge is 0.147 e. The lowest BCUT2D eigenvalue weighted by molar-refractivity contribution is 0.167. The molecule has 1 unspecified atom stereocenters. The quantitative estimate of drug-likeness (QED) is 0.897. The minimum absolute atomic E-state index is 0.145. The molecule has 0 aromatic heterocycles. The molecule has 1 aromatic carbocycles. The number of allylic oxidation sites excluding steroid dienone is 1. The maximum Gasteiger partial charge on any atom is 0.147 e. The van der Waals surface area contributed by atoms with E-state index < -0.39 is 0 Å². The van der Waals surface area contributed by atoms with Crippen LogP contribution < -0.4 is 5.32 Å². The summed E-state index contributed by atoms with van der Waals surface area (Å²) in [6, 6.07) is 4.80. The van der Waals surface area contributed by atoms with Crippen molar-refractivity contribution in [2.75, 3.05) is 13.2 Å². The molecule has 4 heteroatoms. The Hall–Kier alpha value is -1.06. The molecule has 0 saturated carbocycles. The molecule has 1 aromatic rings. The van der Waals surface area contributed by atoms with E-state index in [9.17, 15) is 4.39 Å². The lowest BCUT2D eigenvalue weighted by atomic mass is 10.0. The number of rotatable bonds is 4. The minimum Gasteiger partial charge on any atom is -0.496 e. The van der Waals surface area contributed by atoms with Gasteiger partial charge >= 0.3 is 0 Å². The normalized spacial score (nSPS) is 16.9. The highest BCUT2D eigenvalue weighted by molar-refractivity contribution is 6.30. The Bertz CT molecular complexity index is 447. The number of benzene rings is 1.